The third-order valence-corrected chi connectivity index (χ3v) is 5.29. The summed E-state index contributed by atoms with van der Waals surface area (Å²) >= 11 is 0. The molecule has 1 saturated heterocycles. The van der Waals surface area contributed by atoms with E-state index in [1.807, 2.05) is 12.1 Å². The van der Waals surface area contributed by atoms with Crippen LogP contribution in [0, 0.1) is 0 Å². The van der Waals surface area contributed by atoms with Crippen molar-refractivity contribution in [2.24, 2.45) is 7.05 Å². The first-order valence-corrected chi connectivity index (χ1v) is 9.67. The Balaban J connectivity index is 1.44. The zero-order chi connectivity index (χ0) is 21.3. The molecule has 3 aromatic rings. The van der Waals surface area contributed by atoms with Crippen LogP contribution in [0.5, 0.6) is 0 Å². The molecular formula is C20H22F2N6O2. The maximum absolute atomic E-state index is 12.6. The molecule has 8 nitrogen and oxygen atoms in total. The molecule has 4 rings (SSSR count). The standard InChI is InChI=1S/C20H22F2N6O2/c1-25-10-14(9-23-20(25)30)11-26-4-6-27(7-5-26)15-2-3-16-17(8-15)24-13-28(19(16)29)12-18(21)22/h2-3,8-10,13,18H,4-7,11-12H2,1H3. The number of piperazine rings is 1. The van der Waals surface area contributed by atoms with Gasteiger partial charge in [-0.25, -0.2) is 23.5 Å². The highest BCUT2D eigenvalue weighted by Crippen LogP contribution is 2.21. The van der Waals surface area contributed by atoms with Crippen LogP contribution in [-0.4, -0.2) is 56.6 Å². The number of alkyl halides is 2. The Labute approximate surface area is 171 Å². The van der Waals surface area contributed by atoms with Gasteiger partial charge in [0.1, 0.15) is 0 Å². The van der Waals surface area contributed by atoms with Gasteiger partial charge in [0.25, 0.3) is 12.0 Å². The molecule has 1 aromatic carbocycles. The Bertz CT molecular complexity index is 1170. The summed E-state index contributed by atoms with van der Waals surface area (Å²) < 4.78 is 27.6. The summed E-state index contributed by atoms with van der Waals surface area (Å²) in [6.45, 7) is 3.34. The zero-order valence-electron chi connectivity index (χ0n) is 16.5. The van der Waals surface area contributed by atoms with Gasteiger partial charge in [-0.1, -0.05) is 0 Å². The second-order valence-electron chi connectivity index (χ2n) is 7.41. The molecule has 0 bridgehead atoms. The van der Waals surface area contributed by atoms with Crippen molar-refractivity contribution in [2.75, 3.05) is 31.1 Å². The summed E-state index contributed by atoms with van der Waals surface area (Å²) in [5.41, 5.74) is 1.71. The second-order valence-corrected chi connectivity index (χ2v) is 7.41. The Hall–Kier alpha value is -3.14. The fourth-order valence-corrected chi connectivity index (χ4v) is 3.69. The van der Waals surface area contributed by atoms with Crippen LogP contribution < -0.4 is 16.1 Å². The third-order valence-electron chi connectivity index (χ3n) is 5.29. The molecule has 2 aromatic heterocycles. The number of rotatable bonds is 5. The molecule has 30 heavy (non-hydrogen) atoms. The number of nitrogens with zero attached hydrogens (tertiary/aromatic N) is 6. The monoisotopic (exact) mass is 416 g/mol. The van der Waals surface area contributed by atoms with E-state index in [0.29, 0.717) is 10.9 Å². The van der Waals surface area contributed by atoms with Crippen LogP contribution in [0.3, 0.4) is 0 Å². The Morgan fingerprint density at radius 1 is 1.10 bits per heavy atom. The largest absolute Gasteiger partial charge is 0.369 e. The number of aromatic nitrogens is 4. The normalized spacial score (nSPS) is 15.3. The molecule has 0 N–H and O–H groups in total. The molecule has 1 aliphatic rings. The van der Waals surface area contributed by atoms with Gasteiger partial charge in [0.15, 0.2) is 0 Å². The third kappa shape index (κ3) is 4.23. The Kier molecular flexibility index (Phi) is 5.58. The van der Waals surface area contributed by atoms with Crippen molar-refractivity contribution in [1.29, 1.82) is 0 Å². The van der Waals surface area contributed by atoms with E-state index in [1.54, 1.807) is 25.5 Å². The maximum atomic E-state index is 12.6. The van der Waals surface area contributed by atoms with Crippen molar-refractivity contribution in [3.8, 4) is 0 Å². The van der Waals surface area contributed by atoms with Gasteiger partial charge in [-0.15, -0.1) is 0 Å². The molecule has 0 aliphatic carbocycles. The molecule has 3 heterocycles. The summed E-state index contributed by atoms with van der Waals surface area (Å²) in [5.74, 6) is 0. The predicted molar refractivity (Wildman–Crippen MR) is 109 cm³/mol. The molecule has 0 amide bonds. The summed E-state index contributed by atoms with van der Waals surface area (Å²) in [5, 5.41) is 0.336. The van der Waals surface area contributed by atoms with E-state index in [0.717, 1.165) is 48.5 Å². The maximum Gasteiger partial charge on any atom is 0.347 e. The molecule has 158 valence electrons. The van der Waals surface area contributed by atoms with Gasteiger partial charge in [-0.3, -0.25) is 14.3 Å². The minimum absolute atomic E-state index is 0.269. The van der Waals surface area contributed by atoms with Crippen molar-refractivity contribution >= 4 is 16.6 Å². The van der Waals surface area contributed by atoms with Crippen LogP contribution >= 0.6 is 0 Å². The van der Waals surface area contributed by atoms with Crippen LogP contribution in [0.1, 0.15) is 5.56 Å². The van der Waals surface area contributed by atoms with Crippen molar-refractivity contribution < 1.29 is 8.78 Å². The summed E-state index contributed by atoms with van der Waals surface area (Å²) in [4.78, 5) is 36.3. The summed E-state index contributed by atoms with van der Waals surface area (Å²) in [6, 6.07) is 5.32. The lowest BCUT2D eigenvalue weighted by molar-refractivity contribution is 0.125. The minimum Gasteiger partial charge on any atom is -0.369 e. The first kappa shape index (κ1) is 20.1. The molecule has 0 atom stereocenters. The lowest BCUT2D eigenvalue weighted by atomic mass is 10.2. The Morgan fingerprint density at radius 3 is 2.57 bits per heavy atom. The predicted octanol–water partition coefficient (Wildman–Crippen LogP) is 1.08. The van der Waals surface area contributed by atoms with E-state index in [9.17, 15) is 18.4 Å². The summed E-state index contributed by atoms with van der Waals surface area (Å²) in [7, 11) is 1.69. The topological polar surface area (TPSA) is 76.3 Å². The molecule has 0 saturated carbocycles. The molecule has 0 unspecified atom stereocenters. The first-order chi connectivity index (χ1) is 14.4. The van der Waals surface area contributed by atoms with E-state index in [2.05, 4.69) is 19.8 Å². The van der Waals surface area contributed by atoms with Crippen molar-refractivity contribution in [2.45, 2.75) is 19.5 Å². The molecule has 10 heteroatoms. The Morgan fingerprint density at radius 2 is 1.87 bits per heavy atom. The average Bonchev–Trinajstić information content (AvgIpc) is 2.73. The van der Waals surface area contributed by atoms with Crippen molar-refractivity contribution in [3.63, 3.8) is 0 Å². The highest BCUT2D eigenvalue weighted by Gasteiger charge is 2.19. The average molecular weight is 416 g/mol. The van der Waals surface area contributed by atoms with Gasteiger partial charge >= 0.3 is 5.69 Å². The zero-order valence-corrected chi connectivity index (χ0v) is 16.5. The van der Waals surface area contributed by atoms with Crippen LogP contribution in [0.4, 0.5) is 14.5 Å². The number of halogens is 2. The highest BCUT2D eigenvalue weighted by molar-refractivity contribution is 5.81. The number of aryl methyl sites for hydroxylation is 1. The van der Waals surface area contributed by atoms with Gasteiger partial charge in [0, 0.05) is 63.4 Å². The van der Waals surface area contributed by atoms with Gasteiger partial charge in [0.2, 0.25) is 0 Å². The fraction of sp³-hybridized carbons (Fsp3) is 0.400. The van der Waals surface area contributed by atoms with E-state index in [-0.39, 0.29) is 5.69 Å². The number of fused-ring (bicyclic) bond motifs is 1. The van der Waals surface area contributed by atoms with Gasteiger partial charge in [-0.05, 0) is 18.2 Å². The van der Waals surface area contributed by atoms with Crippen LogP contribution in [-0.2, 0) is 20.1 Å². The lowest BCUT2D eigenvalue weighted by Gasteiger charge is -2.36. The van der Waals surface area contributed by atoms with Gasteiger partial charge < -0.3 is 9.47 Å². The molecule has 1 aliphatic heterocycles. The quantitative estimate of drug-likeness (QED) is 0.620. The van der Waals surface area contributed by atoms with Crippen molar-refractivity contribution in [1.82, 2.24) is 24.0 Å². The van der Waals surface area contributed by atoms with E-state index >= 15 is 0 Å². The van der Waals surface area contributed by atoms with Crippen LogP contribution in [0.25, 0.3) is 10.9 Å². The number of hydrogen-bond acceptors (Lipinski definition) is 6. The smallest absolute Gasteiger partial charge is 0.347 e. The van der Waals surface area contributed by atoms with Crippen LogP contribution in [0.15, 0.2) is 46.5 Å². The van der Waals surface area contributed by atoms with Gasteiger partial charge in [0.05, 0.1) is 23.8 Å². The lowest BCUT2D eigenvalue weighted by Crippen LogP contribution is -2.46. The molecule has 0 spiro atoms. The molecular weight excluding hydrogens is 394 g/mol. The minimum atomic E-state index is -2.60. The second kappa shape index (κ2) is 8.31. The van der Waals surface area contributed by atoms with Crippen LogP contribution in [0.2, 0.25) is 0 Å². The molecule has 0 radical (unpaired) electrons. The number of anilines is 1. The summed E-state index contributed by atoms with van der Waals surface area (Å²) in [6.07, 6.45) is 2.00. The van der Waals surface area contributed by atoms with E-state index in [4.69, 9.17) is 0 Å². The fourth-order valence-electron chi connectivity index (χ4n) is 3.69. The van der Waals surface area contributed by atoms with E-state index in [1.165, 1.54) is 10.9 Å². The number of benzene rings is 1. The van der Waals surface area contributed by atoms with E-state index < -0.39 is 18.5 Å². The number of hydrogen-bond donors (Lipinski definition) is 0. The van der Waals surface area contributed by atoms with Gasteiger partial charge in [-0.2, -0.15) is 0 Å². The SMILES string of the molecule is Cn1cc(CN2CCN(c3ccc4c(=O)n(CC(F)F)cnc4c3)CC2)cnc1=O. The highest BCUT2D eigenvalue weighted by atomic mass is 19.3. The first-order valence-electron chi connectivity index (χ1n) is 9.67. The van der Waals surface area contributed by atoms with Crippen molar-refractivity contribution in [3.05, 3.63) is 63.3 Å². The molecule has 1 fully saturated rings.